The van der Waals surface area contributed by atoms with Crippen LogP contribution < -0.4 is 0 Å². The highest BCUT2D eigenvalue weighted by molar-refractivity contribution is 8.03. The number of rotatable bonds is 6. The lowest BCUT2D eigenvalue weighted by molar-refractivity contribution is 0.0702. The zero-order chi connectivity index (χ0) is 13.7. The summed E-state index contributed by atoms with van der Waals surface area (Å²) < 4.78 is 12.7. The third kappa shape index (κ3) is 4.56. The second kappa shape index (κ2) is 6.98. The van der Waals surface area contributed by atoms with Crippen LogP contribution in [0.15, 0.2) is 45.5 Å². The fraction of sp³-hybridized carbons (Fsp3) is 0.154. The first-order valence-corrected chi connectivity index (χ1v) is 8.33. The molecule has 19 heavy (non-hydrogen) atoms. The fourth-order valence-electron chi connectivity index (χ4n) is 1.36. The molecule has 0 saturated carbocycles. The van der Waals surface area contributed by atoms with Gasteiger partial charge in [0.15, 0.2) is 0 Å². The highest BCUT2D eigenvalue weighted by atomic mass is 32.2. The molecule has 0 unspecified atom stereocenters. The van der Waals surface area contributed by atoms with Gasteiger partial charge in [0, 0.05) is 26.7 Å². The van der Waals surface area contributed by atoms with Crippen molar-refractivity contribution >= 4 is 40.8 Å². The van der Waals surface area contributed by atoms with Gasteiger partial charge in [-0.15, -0.1) is 34.9 Å². The molecule has 1 aromatic heterocycles. The number of carboxylic acid groups (broad SMARTS) is 1. The lowest BCUT2D eigenvalue weighted by atomic mass is 10.4. The number of thioether (sulfide) groups is 2. The van der Waals surface area contributed by atoms with Crippen molar-refractivity contribution in [3.05, 3.63) is 46.4 Å². The largest absolute Gasteiger partial charge is 0.477 e. The summed E-state index contributed by atoms with van der Waals surface area (Å²) in [7, 11) is 0. The lowest BCUT2D eigenvalue weighted by Gasteiger charge is -2.00. The Morgan fingerprint density at radius 2 is 1.79 bits per heavy atom. The van der Waals surface area contributed by atoms with E-state index in [9.17, 15) is 9.18 Å². The van der Waals surface area contributed by atoms with Gasteiger partial charge in [0.1, 0.15) is 10.7 Å². The monoisotopic (exact) mass is 314 g/mol. The van der Waals surface area contributed by atoms with Crippen LogP contribution in [0.4, 0.5) is 4.39 Å². The van der Waals surface area contributed by atoms with E-state index in [2.05, 4.69) is 0 Å². The molecule has 0 aliphatic heterocycles. The van der Waals surface area contributed by atoms with Crippen LogP contribution in [0.5, 0.6) is 0 Å². The minimum Gasteiger partial charge on any atom is -0.477 e. The maximum atomic E-state index is 12.7. The molecule has 0 aliphatic carbocycles. The van der Waals surface area contributed by atoms with Gasteiger partial charge in [0.2, 0.25) is 0 Å². The van der Waals surface area contributed by atoms with E-state index >= 15 is 0 Å². The van der Waals surface area contributed by atoms with Crippen molar-refractivity contribution in [3.63, 3.8) is 0 Å². The van der Waals surface area contributed by atoms with Crippen molar-refractivity contribution in [2.75, 3.05) is 11.5 Å². The molecule has 1 N–H and O–H groups in total. The number of carbonyl (C=O) groups is 1. The molecule has 0 saturated heterocycles. The van der Waals surface area contributed by atoms with Crippen molar-refractivity contribution in [2.24, 2.45) is 0 Å². The Morgan fingerprint density at radius 1 is 1.16 bits per heavy atom. The Bertz CT molecular complexity index is 551. The summed E-state index contributed by atoms with van der Waals surface area (Å²) in [5.74, 6) is 0.683. The average molecular weight is 314 g/mol. The van der Waals surface area contributed by atoms with Crippen molar-refractivity contribution in [1.82, 2.24) is 0 Å². The Balaban J connectivity index is 1.74. The smallest absolute Gasteiger partial charge is 0.345 e. The van der Waals surface area contributed by atoms with E-state index in [1.54, 1.807) is 41.7 Å². The van der Waals surface area contributed by atoms with Gasteiger partial charge in [-0.1, -0.05) is 0 Å². The molecule has 0 radical (unpaired) electrons. The van der Waals surface area contributed by atoms with Gasteiger partial charge in [-0.25, -0.2) is 9.18 Å². The van der Waals surface area contributed by atoms with Gasteiger partial charge < -0.3 is 5.11 Å². The number of carboxylic acids is 1. The first kappa shape index (κ1) is 14.4. The maximum absolute atomic E-state index is 12.7. The topological polar surface area (TPSA) is 37.3 Å². The summed E-state index contributed by atoms with van der Waals surface area (Å²) >= 11 is 4.54. The molecule has 2 aromatic rings. The fourth-order valence-corrected chi connectivity index (χ4v) is 4.12. The second-order valence-corrected chi connectivity index (χ2v) is 6.85. The summed E-state index contributed by atoms with van der Waals surface area (Å²) in [6.07, 6.45) is 0. The number of hydrogen-bond acceptors (Lipinski definition) is 4. The SMILES string of the molecule is O=C(O)c1cc(SCCSc2ccc(F)cc2)cs1. The second-order valence-electron chi connectivity index (χ2n) is 3.60. The number of thiophene rings is 1. The first-order chi connectivity index (χ1) is 9.15. The molecule has 0 fully saturated rings. The number of benzene rings is 1. The molecule has 0 amide bonds. The van der Waals surface area contributed by atoms with Crippen LogP contribution in [0.2, 0.25) is 0 Å². The maximum Gasteiger partial charge on any atom is 0.345 e. The molecule has 2 rings (SSSR count). The van der Waals surface area contributed by atoms with Crippen LogP contribution in [0.1, 0.15) is 9.67 Å². The number of aromatic carboxylic acids is 1. The summed E-state index contributed by atoms with van der Waals surface area (Å²) in [6.45, 7) is 0. The van der Waals surface area contributed by atoms with Gasteiger partial charge in [-0.3, -0.25) is 0 Å². The predicted octanol–water partition coefficient (Wildman–Crippen LogP) is 4.47. The van der Waals surface area contributed by atoms with Gasteiger partial charge in [0.25, 0.3) is 0 Å². The zero-order valence-corrected chi connectivity index (χ0v) is 12.3. The quantitative estimate of drug-likeness (QED) is 0.630. The van der Waals surface area contributed by atoms with E-state index in [0.29, 0.717) is 4.88 Å². The van der Waals surface area contributed by atoms with E-state index in [1.165, 1.54) is 23.5 Å². The molecule has 0 atom stereocenters. The molecule has 2 nitrogen and oxygen atoms in total. The van der Waals surface area contributed by atoms with Crippen LogP contribution in [-0.2, 0) is 0 Å². The average Bonchev–Trinajstić information content (AvgIpc) is 2.86. The molecule has 100 valence electrons. The summed E-state index contributed by atoms with van der Waals surface area (Å²) in [5, 5.41) is 10.7. The third-order valence-electron chi connectivity index (χ3n) is 2.22. The standard InChI is InChI=1S/C13H11FO2S3/c14-9-1-3-10(4-2-9)17-5-6-18-11-7-12(13(15)16)19-8-11/h1-4,7-8H,5-6H2,(H,15,16). The minimum absolute atomic E-state index is 0.224. The molecular weight excluding hydrogens is 303 g/mol. The number of hydrogen-bond donors (Lipinski definition) is 1. The van der Waals surface area contributed by atoms with E-state index in [1.807, 2.05) is 5.38 Å². The van der Waals surface area contributed by atoms with Crippen LogP contribution in [-0.4, -0.2) is 22.6 Å². The van der Waals surface area contributed by atoms with E-state index < -0.39 is 5.97 Å². The van der Waals surface area contributed by atoms with E-state index in [0.717, 1.165) is 21.3 Å². The van der Waals surface area contributed by atoms with Gasteiger partial charge in [-0.05, 0) is 30.3 Å². The Kier molecular flexibility index (Phi) is 5.30. The van der Waals surface area contributed by atoms with Crippen LogP contribution in [0.25, 0.3) is 0 Å². The molecule has 0 bridgehead atoms. The van der Waals surface area contributed by atoms with Crippen LogP contribution in [0.3, 0.4) is 0 Å². The van der Waals surface area contributed by atoms with E-state index in [4.69, 9.17) is 5.11 Å². The molecular formula is C13H11FO2S3. The van der Waals surface area contributed by atoms with Crippen molar-refractivity contribution < 1.29 is 14.3 Å². The normalized spacial score (nSPS) is 10.6. The van der Waals surface area contributed by atoms with E-state index in [-0.39, 0.29) is 5.82 Å². The van der Waals surface area contributed by atoms with Gasteiger partial charge >= 0.3 is 5.97 Å². The van der Waals surface area contributed by atoms with Crippen molar-refractivity contribution in [1.29, 1.82) is 0 Å². The summed E-state index contributed by atoms with van der Waals surface area (Å²) in [6, 6.07) is 8.12. The van der Waals surface area contributed by atoms with Crippen LogP contribution >= 0.6 is 34.9 Å². The summed E-state index contributed by atoms with van der Waals surface area (Å²) in [4.78, 5) is 13.1. The Hall–Kier alpha value is -0.980. The Labute approximate surface area is 123 Å². The molecule has 0 spiro atoms. The number of halogens is 1. The minimum atomic E-state index is -0.877. The first-order valence-electron chi connectivity index (χ1n) is 5.48. The molecule has 1 heterocycles. The van der Waals surface area contributed by atoms with Gasteiger partial charge in [0.05, 0.1) is 0 Å². The van der Waals surface area contributed by atoms with Crippen LogP contribution in [0, 0.1) is 5.82 Å². The Morgan fingerprint density at radius 3 is 2.37 bits per heavy atom. The summed E-state index contributed by atoms with van der Waals surface area (Å²) in [5.41, 5.74) is 0. The highest BCUT2D eigenvalue weighted by Crippen LogP contribution is 2.27. The molecule has 0 aliphatic rings. The van der Waals surface area contributed by atoms with Gasteiger partial charge in [-0.2, -0.15) is 0 Å². The highest BCUT2D eigenvalue weighted by Gasteiger charge is 2.06. The van der Waals surface area contributed by atoms with Crippen molar-refractivity contribution in [2.45, 2.75) is 9.79 Å². The third-order valence-corrected chi connectivity index (χ3v) is 5.54. The molecule has 6 heteroatoms. The zero-order valence-electron chi connectivity index (χ0n) is 9.84. The molecule has 1 aromatic carbocycles. The predicted molar refractivity (Wildman–Crippen MR) is 79.1 cm³/mol. The van der Waals surface area contributed by atoms with Crippen molar-refractivity contribution in [3.8, 4) is 0 Å². The lowest BCUT2D eigenvalue weighted by Crippen LogP contribution is -1.90.